The van der Waals surface area contributed by atoms with Crippen molar-refractivity contribution in [2.24, 2.45) is 11.1 Å². The molecule has 3 N–H and O–H groups in total. The van der Waals surface area contributed by atoms with E-state index in [2.05, 4.69) is 5.32 Å². The lowest BCUT2D eigenvalue weighted by molar-refractivity contribution is -0.142. The quantitative estimate of drug-likeness (QED) is 0.790. The number of nitrogens with one attached hydrogen (secondary N) is 1. The Morgan fingerprint density at radius 2 is 1.75 bits per heavy atom. The lowest BCUT2D eigenvalue weighted by Crippen LogP contribution is -2.51. The number of halogens is 3. The number of carbonyl (C=O) groups is 1. The van der Waals surface area contributed by atoms with Gasteiger partial charge in [0.25, 0.3) is 0 Å². The molecule has 0 aromatic heterocycles. The van der Waals surface area contributed by atoms with Crippen LogP contribution in [0, 0.1) is 5.41 Å². The zero-order valence-electron chi connectivity index (χ0n) is 9.98. The van der Waals surface area contributed by atoms with Crippen LogP contribution in [0.4, 0.5) is 13.2 Å². The Labute approximate surface area is 93.6 Å². The van der Waals surface area contributed by atoms with E-state index in [-0.39, 0.29) is 0 Å². The van der Waals surface area contributed by atoms with E-state index in [1.54, 1.807) is 20.8 Å². The highest BCUT2D eigenvalue weighted by Crippen LogP contribution is 2.22. The SMILES string of the molecule is CC(CC(F)(F)F)NC(=O)[C@H](N)C(C)(C)C. The van der Waals surface area contributed by atoms with E-state index in [0.29, 0.717) is 0 Å². The molecule has 0 radical (unpaired) electrons. The largest absolute Gasteiger partial charge is 0.391 e. The van der Waals surface area contributed by atoms with Crippen LogP contribution in [0.15, 0.2) is 0 Å². The van der Waals surface area contributed by atoms with E-state index in [9.17, 15) is 18.0 Å². The third-order valence-corrected chi connectivity index (χ3v) is 2.14. The van der Waals surface area contributed by atoms with Crippen LogP contribution in [0.3, 0.4) is 0 Å². The van der Waals surface area contributed by atoms with Crippen LogP contribution in [-0.4, -0.2) is 24.2 Å². The fourth-order valence-corrected chi connectivity index (χ4v) is 1.12. The fourth-order valence-electron chi connectivity index (χ4n) is 1.12. The molecule has 96 valence electrons. The summed E-state index contributed by atoms with van der Waals surface area (Å²) in [5, 5.41) is 2.26. The Morgan fingerprint density at radius 1 is 1.31 bits per heavy atom. The first-order valence-electron chi connectivity index (χ1n) is 5.06. The molecule has 1 unspecified atom stereocenters. The van der Waals surface area contributed by atoms with Gasteiger partial charge in [0.2, 0.25) is 5.91 Å². The second-order valence-corrected chi connectivity index (χ2v) is 5.07. The summed E-state index contributed by atoms with van der Waals surface area (Å²) >= 11 is 0. The highest BCUT2D eigenvalue weighted by Gasteiger charge is 2.33. The van der Waals surface area contributed by atoms with Gasteiger partial charge < -0.3 is 11.1 Å². The summed E-state index contributed by atoms with van der Waals surface area (Å²) in [4.78, 5) is 11.5. The van der Waals surface area contributed by atoms with Gasteiger partial charge in [-0.25, -0.2) is 0 Å². The molecule has 2 atom stereocenters. The van der Waals surface area contributed by atoms with Crippen molar-refractivity contribution < 1.29 is 18.0 Å². The molecule has 0 aromatic carbocycles. The maximum Gasteiger partial charge on any atom is 0.391 e. The van der Waals surface area contributed by atoms with Crippen molar-refractivity contribution in [2.45, 2.75) is 52.4 Å². The van der Waals surface area contributed by atoms with E-state index < -0.39 is 36.0 Å². The minimum absolute atomic E-state index is 0.470. The minimum Gasteiger partial charge on any atom is -0.352 e. The van der Waals surface area contributed by atoms with Crippen molar-refractivity contribution in [3.63, 3.8) is 0 Å². The molecule has 16 heavy (non-hydrogen) atoms. The molecular weight excluding hydrogens is 221 g/mol. The summed E-state index contributed by atoms with van der Waals surface area (Å²) in [6, 6.07) is -1.77. The molecule has 6 heteroatoms. The average molecular weight is 240 g/mol. The summed E-state index contributed by atoms with van der Waals surface area (Å²) < 4.78 is 36.0. The molecule has 0 heterocycles. The van der Waals surface area contributed by atoms with Crippen LogP contribution in [0.25, 0.3) is 0 Å². The molecule has 0 bridgehead atoms. The van der Waals surface area contributed by atoms with Crippen molar-refractivity contribution in [1.29, 1.82) is 0 Å². The Bertz CT molecular complexity index is 245. The second kappa shape index (κ2) is 5.03. The van der Waals surface area contributed by atoms with Crippen LogP contribution in [-0.2, 0) is 4.79 Å². The first-order valence-corrected chi connectivity index (χ1v) is 5.06. The Kier molecular flexibility index (Phi) is 4.79. The van der Waals surface area contributed by atoms with Crippen LogP contribution < -0.4 is 11.1 Å². The van der Waals surface area contributed by atoms with Gasteiger partial charge in [0.15, 0.2) is 0 Å². The Morgan fingerprint density at radius 3 is 2.06 bits per heavy atom. The molecule has 0 aromatic rings. The maximum atomic E-state index is 12.0. The van der Waals surface area contributed by atoms with Gasteiger partial charge in [-0.3, -0.25) is 4.79 Å². The van der Waals surface area contributed by atoms with Gasteiger partial charge in [0.05, 0.1) is 12.5 Å². The van der Waals surface area contributed by atoms with Crippen molar-refractivity contribution in [1.82, 2.24) is 5.32 Å². The van der Waals surface area contributed by atoms with Crippen molar-refractivity contribution in [3.05, 3.63) is 0 Å². The van der Waals surface area contributed by atoms with Gasteiger partial charge in [0, 0.05) is 6.04 Å². The molecule has 1 amide bonds. The standard InChI is InChI=1S/C10H19F3N2O/c1-6(5-10(11,12)13)15-8(16)7(14)9(2,3)4/h6-7H,5,14H2,1-4H3,(H,15,16)/t6?,7-/m0/s1. The van der Waals surface area contributed by atoms with Crippen molar-refractivity contribution in [2.75, 3.05) is 0 Å². The third-order valence-electron chi connectivity index (χ3n) is 2.14. The monoisotopic (exact) mass is 240 g/mol. The van der Waals surface area contributed by atoms with Gasteiger partial charge in [-0.2, -0.15) is 13.2 Å². The number of amides is 1. The summed E-state index contributed by atoms with van der Waals surface area (Å²) in [6.45, 7) is 6.57. The normalized spacial score (nSPS) is 16.8. The first-order chi connectivity index (χ1) is 6.93. The topological polar surface area (TPSA) is 55.1 Å². The van der Waals surface area contributed by atoms with Gasteiger partial charge in [-0.1, -0.05) is 20.8 Å². The van der Waals surface area contributed by atoms with Gasteiger partial charge in [-0.15, -0.1) is 0 Å². The Balaban J connectivity index is 4.26. The molecule has 0 fully saturated rings. The molecule has 0 aliphatic carbocycles. The molecule has 3 nitrogen and oxygen atoms in total. The number of hydrogen-bond acceptors (Lipinski definition) is 2. The number of rotatable bonds is 3. The van der Waals surface area contributed by atoms with E-state index in [1.165, 1.54) is 6.92 Å². The maximum absolute atomic E-state index is 12.0. The summed E-state index contributed by atoms with van der Waals surface area (Å²) in [7, 11) is 0. The second-order valence-electron chi connectivity index (χ2n) is 5.07. The van der Waals surface area contributed by atoms with Crippen molar-refractivity contribution in [3.8, 4) is 0 Å². The summed E-state index contributed by atoms with van der Waals surface area (Å²) in [6.07, 6.45) is -5.33. The molecule has 0 aliphatic heterocycles. The molecule has 0 spiro atoms. The zero-order valence-corrected chi connectivity index (χ0v) is 9.98. The summed E-state index contributed by atoms with van der Waals surface area (Å²) in [5.74, 6) is -0.552. The third kappa shape index (κ3) is 5.95. The van der Waals surface area contributed by atoms with Crippen LogP contribution >= 0.6 is 0 Å². The smallest absolute Gasteiger partial charge is 0.352 e. The van der Waals surface area contributed by atoms with Crippen LogP contribution in [0.1, 0.15) is 34.1 Å². The van der Waals surface area contributed by atoms with Gasteiger partial charge in [-0.05, 0) is 12.3 Å². The van der Waals surface area contributed by atoms with E-state index in [1.807, 2.05) is 0 Å². The number of alkyl halides is 3. The molecular formula is C10H19F3N2O. The lowest BCUT2D eigenvalue weighted by atomic mass is 9.87. The predicted molar refractivity (Wildman–Crippen MR) is 55.7 cm³/mol. The average Bonchev–Trinajstić information content (AvgIpc) is 1.96. The fraction of sp³-hybridized carbons (Fsp3) is 0.900. The highest BCUT2D eigenvalue weighted by atomic mass is 19.4. The van der Waals surface area contributed by atoms with Gasteiger partial charge >= 0.3 is 6.18 Å². The van der Waals surface area contributed by atoms with Crippen molar-refractivity contribution >= 4 is 5.91 Å². The predicted octanol–water partition coefficient (Wildman–Crippen LogP) is 1.82. The van der Waals surface area contributed by atoms with Gasteiger partial charge in [0.1, 0.15) is 0 Å². The molecule has 0 rings (SSSR count). The zero-order chi connectivity index (χ0) is 13.1. The lowest BCUT2D eigenvalue weighted by Gasteiger charge is -2.27. The number of carbonyl (C=O) groups excluding carboxylic acids is 1. The minimum atomic E-state index is -4.28. The number of nitrogens with two attached hydrogens (primary N) is 1. The molecule has 0 aliphatic rings. The first kappa shape index (κ1) is 15.2. The van der Waals surface area contributed by atoms with E-state index >= 15 is 0 Å². The highest BCUT2D eigenvalue weighted by molar-refractivity contribution is 5.82. The van der Waals surface area contributed by atoms with E-state index in [4.69, 9.17) is 5.73 Å². The van der Waals surface area contributed by atoms with E-state index in [0.717, 1.165) is 0 Å². The molecule has 0 saturated heterocycles. The van der Waals surface area contributed by atoms with Crippen LogP contribution in [0.5, 0.6) is 0 Å². The Hall–Kier alpha value is -0.780. The van der Waals surface area contributed by atoms with Crippen LogP contribution in [0.2, 0.25) is 0 Å². The number of hydrogen-bond donors (Lipinski definition) is 2. The molecule has 0 saturated carbocycles. The summed E-state index contributed by atoms with van der Waals surface area (Å²) in [5.41, 5.74) is 5.14.